The number of aromatic nitrogens is 1. The molecule has 3 aromatic rings. The highest BCUT2D eigenvalue weighted by atomic mass is 127. The predicted octanol–water partition coefficient (Wildman–Crippen LogP) is 3.62. The lowest BCUT2D eigenvalue weighted by atomic mass is 10.1. The van der Waals surface area contributed by atoms with Gasteiger partial charge in [0.1, 0.15) is 0 Å². The van der Waals surface area contributed by atoms with Crippen molar-refractivity contribution in [3.8, 4) is 0 Å². The Hall–Kier alpha value is -2.55. The van der Waals surface area contributed by atoms with Crippen molar-refractivity contribution < 1.29 is 4.79 Å². The van der Waals surface area contributed by atoms with Crippen molar-refractivity contribution >= 4 is 46.7 Å². The maximum Gasteiger partial charge on any atom is 0.251 e. The first-order valence-corrected chi connectivity index (χ1v) is 10.0. The number of halogens is 1. The van der Waals surface area contributed by atoms with Gasteiger partial charge in [0.05, 0.1) is 0 Å². The number of guanidine groups is 1. The fourth-order valence-corrected chi connectivity index (χ4v) is 3.23. The van der Waals surface area contributed by atoms with Crippen LogP contribution in [0.15, 0.2) is 59.7 Å². The number of amides is 1. The summed E-state index contributed by atoms with van der Waals surface area (Å²) in [6.45, 7) is 4.25. The minimum atomic E-state index is -0.0398. The summed E-state index contributed by atoms with van der Waals surface area (Å²) in [6, 6.07) is 15.7. The van der Waals surface area contributed by atoms with E-state index in [1.165, 1.54) is 22.0 Å². The van der Waals surface area contributed by atoms with Gasteiger partial charge >= 0.3 is 0 Å². The van der Waals surface area contributed by atoms with E-state index in [9.17, 15) is 4.79 Å². The Labute approximate surface area is 195 Å². The number of fused-ring (bicyclic) bond motifs is 1. The molecule has 3 rings (SSSR count). The van der Waals surface area contributed by atoms with Crippen molar-refractivity contribution in [2.24, 2.45) is 4.99 Å². The van der Waals surface area contributed by atoms with Crippen molar-refractivity contribution in [1.29, 1.82) is 0 Å². The summed E-state index contributed by atoms with van der Waals surface area (Å²) in [5.41, 5.74) is 4.42. The third-order valence-corrected chi connectivity index (χ3v) is 4.80. The van der Waals surface area contributed by atoms with Crippen LogP contribution in [0.25, 0.3) is 10.9 Å². The van der Waals surface area contributed by atoms with Crippen LogP contribution < -0.4 is 16.0 Å². The number of carbonyl (C=O) groups excluding carboxylic acids is 1. The minimum absolute atomic E-state index is 0. The Morgan fingerprint density at radius 2 is 1.73 bits per heavy atom. The molecule has 0 aliphatic heterocycles. The third kappa shape index (κ3) is 6.76. The van der Waals surface area contributed by atoms with Gasteiger partial charge in [-0.05, 0) is 49.1 Å². The Bertz CT molecular complexity index is 968. The summed E-state index contributed by atoms with van der Waals surface area (Å²) in [7, 11) is 1.76. The molecular formula is C23H30IN5O. The van der Waals surface area contributed by atoms with Gasteiger partial charge in [0.2, 0.25) is 0 Å². The molecule has 0 spiro atoms. The number of hydrogen-bond donors (Lipinski definition) is 4. The van der Waals surface area contributed by atoms with Crippen molar-refractivity contribution in [1.82, 2.24) is 20.9 Å². The lowest BCUT2D eigenvalue weighted by molar-refractivity contribution is 0.0953. The Kier molecular flexibility index (Phi) is 9.66. The smallest absolute Gasteiger partial charge is 0.251 e. The molecule has 0 aliphatic carbocycles. The number of benzene rings is 2. The molecule has 0 saturated heterocycles. The van der Waals surface area contributed by atoms with E-state index in [1.54, 1.807) is 7.05 Å². The van der Waals surface area contributed by atoms with E-state index in [0.29, 0.717) is 12.1 Å². The zero-order valence-electron chi connectivity index (χ0n) is 17.5. The number of aromatic amines is 1. The number of nitrogens with zero attached hydrogens (tertiary/aromatic N) is 1. The Morgan fingerprint density at radius 3 is 2.50 bits per heavy atom. The zero-order chi connectivity index (χ0) is 20.5. The van der Waals surface area contributed by atoms with Gasteiger partial charge in [-0.2, -0.15) is 0 Å². The number of carbonyl (C=O) groups is 1. The number of rotatable bonds is 8. The molecule has 2 aromatic carbocycles. The molecule has 1 aromatic heterocycles. The summed E-state index contributed by atoms with van der Waals surface area (Å²) in [6.07, 6.45) is 3.81. The average Bonchev–Trinajstić information content (AvgIpc) is 3.14. The highest BCUT2D eigenvalue weighted by Crippen LogP contribution is 2.19. The van der Waals surface area contributed by atoms with Gasteiger partial charge in [0, 0.05) is 49.3 Å². The number of hydrogen-bond acceptors (Lipinski definition) is 2. The van der Waals surface area contributed by atoms with Crippen molar-refractivity contribution in [3.63, 3.8) is 0 Å². The third-order valence-electron chi connectivity index (χ3n) is 4.80. The largest absolute Gasteiger partial charge is 0.361 e. The summed E-state index contributed by atoms with van der Waals surface area (Å²) >= 11 is 0. The second kappa shape index (κ2) is 12.2. The van der Waals surface area contributed by atoms with Crippen molar-refractivity contribution in [2.75, 3.05) is 26.7 Å². The van der Waals surface area contributed by atoms with Crippen LogP contribution in [0.5, 0.6) is 0 Å². The van der Waals surface area contributed by atoms with Crippen LogP contribution in [0.1, 0.15) is 27.9 Å². The van der Waals surface area contributed by atoms with Crippen LogP contribution in [0, 0.1) is 6.92 Å². The molecule has 0 atom stereocenters. The number of aliphatic imine (C=N–C) groups is 1. The molecule has 0 fully saturated rings. The summed E-state index contributed by atoms with van der Waals surface area (Å²) in [5.74, 6) is 0.733. The average molecular weight is 519 g/mol. The zero-order valence-corrected chi connectivity index (χ0v) is 19.8. The quantitative estimate of drug-likeness (QED) is 0.159. The number of H-pyrrole nitrogens is 1. The van der Waals surface area contributed by atoms with Gasteiger partial charge in [-0.1, -0.05) is 30.3 Å². The van der Waals surface area contributed by atoms with Gasteiger partial charge in [-0.3, -0.25) is 9.79 Å². The molecule has 6 nitrogen and oxygen atoms in total. The van der Waals surface area contributed by atoms with Crippen LogP contribution in [0.4, 0.5) is 0 Å². The number of nitrogens with one attached hydrogen (secondary N) is 4. The fourth-order valence-electron chi connectivity index (χ4n) is 3.23. The molecule has 1 amide bonds. The molecule has 0 unspecified atom stereocenters. The molecule has 4 N–H and O–H groups in total. The van der Waals surface area contributed by atoms with E-state index in [2.05, 4.69) is 57.2 Å². The molecule has 0 radical (unpaired) electrons. The van der Waals surface area contributed by atoms with Gasteiger partial charge in [-0.25, -0.2) is 0 Å². The van der Waals surface area contributed by atoms with Gasteiger partial charge < -0.3 is 20.9 Å². The topological polar surface area (TPSA) is 81.3 Å². The van der Waals surface area contributed by atoms with Crippen molar-refractivity contribution in [2.45, 2.75) is 19.8 Å². The lowest BCUT2D eigenvalue weighted by Gasteiger charge is -2.12. The van der Waals surface area contributed by atoms with Gasteiger partial charge in [-0.15, -0.1) is 24.0 Å². The molecular weight excluding hydrogens is 489 g/mol. The molecule has 7 heteroatoms. The highest BCUT2D eigenvalue weighted by molar-refractivity contribution is 14.0. The second-order valence-corrected chi connectivity index (χ2v) is 7.01. The summed E-state index contributed by atoms with van der Waals surface area (Å²) in [4.78, 5) is 19.6. The van der Waals surface area contributed by atoms with E-state index < -0.39 is 0 Å². The van der Waals surface area contributed by atoms with Crippen LogP contribution in [-0.4, -0.2) is 43.5 Å². The Morgan fingerprint density at radius 1 is 1.00 bits per heavy atom. The first-order valence-electron chi connectivity index (χ1n) is 10.0. The van der Waals surface area contributed by atoms with E-state index in [0.717, 1.165) is 31.9 Å². The van der Waals surface area contributed by atoms with E-state index in [4.69, 9.17) is 0 Å². The molecule has 1 heterocycles. The minimum Gasteiger partial charge on any atom is -0.361 e. The van der Waals surface area contributed by atoms with Gasteiger partial charge in [0.25, 0.3) is 5.91 Å². The lowest BCUT2D eigenvalue weighted by Crippen LogP contribution is -2.39. The maximum atomic E-state index is 12.0. The normalized spacial score (nSPS) is 11.1. The fraction of sp³-hybridized carbons (Fsp3) is 0.304. The molecule has 0 saturated carbocycles. The molecule has 0 aliphatic rings. The highest BCUT2D eigenvalue weighted by Gasteiger charge is 2.05. The molecule has 0 bridgehead atoms. The maximum absolute atomic E-state index is 12.0. The second-order valence-electron chi connectivity index (χ2n) is 7.01. The van der Waals surface area contributed by atoms with E-state index in [1.807, 2.05) is 30.3 Å². The van der Waals surface area contributed by atoms with Crippen LogP contribution in [-0.2, 0) is 6.42 Å². The summed E-state index contributed by atoms with van der Waals surface area (Å²) in [5, 5.41) is 10.8. The van der Waals surface area contributed by atoms with Crippen molar-refractivity contribution in [3.05, 3.63) is 71.4 Å². The van der Waals surface area contributed by atoms with E-state index in [-0.39, 0.29) is 29.9 Å². The number of aryl methyl sites for hydroxylation is 1. The molecule has 160 valence electrons. The Balaban J connectivity index is 0.00000320. The standard InChI is InChI=1S/C23H29N5O.HI/c1-17-9-10-20-19(16-28-21(20)15-17)11-14-27-23(24-2)26-13-6-12-25-22(29)18-7-4-3-5-8-18;/h3-5,7-10,15-16,28H,6,11-14H2,1-2H3,(H,25,29)(H2,24,26,27);1H. The van der Waals surface area contributed by atoms with Crippen LogP contribution in [0.3, 0.4) is 0 Å². The first kappa shape index (κ1) is 23.7. The molecule has 30 heavy (non-hydrogen) atoms. The van der Waals surface area contributed by atoms with Crippen LogP contribution in [0.2, 0.25) is 0 Å². The summed E-state index contributed by atoms with van der Waals surface area (Å²) < 4.78 is 0. The SMILES string of the molecule is CN=C(NCCCNC(=O)c1ccccc1)NCCc1c[nH]c2cc(C)ccc12.I. The first-order chi connectivity index (χ1) is 14.2. The predicted molar refractivity (Wildman–Crippen MR) is 135 cm³/mol. The van der Waals surface area contributed by atoms with Crippen LogP contribution >= 0.6 is 24.0 Å². The van der Waals surface area contributed by atoms with E-state index >= 15 is 0 Å². The van der Waals surface area contributed by atoms with Gasteiger partial charge in [0.15, 0.2) is 5.96 Å². The monoisotopic (exact) mass is 519 g/mol.